The first-order valence-corrected chi connectivity index (χ1v) is 8.14. The van der Waals surface area contributed by atoms with Gasteiger partial charge in [0.15, 0.2) is 0 Å². The van der Waals surface area contributed by atoms with Crippen molar-refractivity contribution in [3.05, 3.63) is 11.6 Å². The fourth-order valence-electron chi connectivity index (χ4n) is 3.17. The van der Waals surface area contributed by atoms with E-state index in [-0.39, 0.29) is 12.1 Å². The molecule has 9 heteroatoms. The van der Waals surface area contributed by atoms with Crippen LogP contribution in [-0.4, -0.2) is 49.8 Å². The zero-order valence-corrected chi connectivity index (χ0v) is 12.4. The molecule has 0 unspecified atom stereocenters. The number of nitrogens with two attached hydrogens (primary N) is 1. The molecule has 0 aromatic carbocycles. The third-order valence-electron chi connectivity index (χ3n) is 4.48. The highest BCUT2D eigenvalue weighted by Gasteiger charge is 2.43. The summed E-state index contributed by atoms with van der Waals surface area (Å²) in [5.41, 5.74) is 5.89. The van der Waals surface area contributed by atoms with E-state index in [9.17, 15) is 13.2 Å². The predicted molar refractivity (Wildman–Crippen MR) is 73.8 cm³/mol. The van der Waals surface area contributed by atoms with E-state index in [1.54, 1.807) is 0 Å². The highest BCUT2D eigenvalue weighted by molar-refractivity contribution is 7.99. The molecule has 1 fully saturated rings. The topological polar surface area (TPSA) is 60.0 Å². The van der Waals surface area contributed by atoms with E-state index in [0.717, 1.165) is 24.3 Å². The second-order valence-electron chi connectivity index (χ2n) is 5.55. The van der Waals surface area contributed by atoms with Crippen molar-refractivity contribution in [3.63, 3.8) is 0 Å². The lowest BCUT2D eigenvalue weighted by Crippen LogP contribution is -2.57. The smallest absolute Gasteiger partial charge is 0.329 e. The summed E-state index contributed by atoms with van der Waals surface area (Å²) in [5, 5.41) is 7.06. The van der Waals surface area contributed by atoms with Crippen molar-refractivity contribution in [2.24, 2.45) is 5.73 Å². The first kappa shape index (κ1) is 15.1. The Balaban J connectivity index is 1.83. The quantitative estimate of drug-likeness (QED) is 0.891. The fraction of sp³-hybridized carbons (Fsp3) is 0.833. The molecule has 3 rings (SSSR count). The lowest BCUT2D eigenvalue weighted by Gasteiger charge is -2.47. The third-order valence-corrected chi connectivity index (χ3v) is 5.47. The Morgan fingerprint density at radius 3 is 2.52 bits per heavy atom. The zero-order chi connectivity index (χ0) is 15.1. The van der Waals surface area contributed by atoms with Crippen LogP contribution in [0.1, 0.15) is 24.5 Å². The number of thioether (sulfide) groups is 1. The Labute approximate surface area is 125 Å². The molecule has 0 amide bonds. The SMILES string of the molecule is NCC1(N2CCn3c(nnc3C(F)(F)F)C2)CCSCC1. The first-order chi connectivity index (χ1) is 9.96. The summed E-state index contributed by atoms with van der Waals surface area (Å²) in [5.74, 6) is 1.60. The largest absolute Gasteiger partial charge is 0.451 e. The molecule has 0 atom stereocenters. The summed E-state index contributed by atoms with van der Waals surface area (Å²) in [4.78, 5) is 2.21. The number of fused-ring (bicyclic) bond motifs is 1. The first-order valence-electron chi connectivity index (χ1n) is 6.98. The van der Waals surface area contributed by atoms with Gasteiger partial charge < -0.3 is 10.3 Å². The number of alkyl halides is 3. The molecule has 118 valence electrons. The van der Waals surface area contributed by atoms with Crippen LogP contribution in [0.3, 0.4) is 0 Å². The molecule has 0 aliphatic carbocycles. The van der Waals surface area contributed by atoms with Crippen LogP contribution in [0.25, 0.3) is 0 Å². The standard InChI is InChI=1S/C12H18F3N5S/c13-12(14,15)10-18-17-9-7-19(3-4-20(9)10)11(8-16)1-5-21-6-2-11/h1-8,16H2. The number of hydrogen-bond donors (Lipinski definition) is 1. The van der Waals surface area contributed by atoms with Gasteiger partial charge in [-0.3, -0.25) is 4.90 Å². The lowest BCUT2D eigenvalue weighted by atomic mass is 9.89. The highest BCUT2D eigenvalue weighted by atomic mass is 32.2. The monoisotopic (exact) mass is 321 g/mol. The van der Waals surface area contributed by atoms with Crippen LogP contribution in [0.2, 0.25) is 0 Å². The molecule has 0 radical (unpaired) electrons. The van der Waals surface area contributed by atoms with Crippen LogP contribution >= 0.6 is 11.8 Å². The van der Waals surface area contributed by atoms with Crippen LogP contribution in [0.4, 0.5) is 13.2 Å². The van der Waals surface area contributed by atoms with E-state index >= 15 is 0 Å². The van der Waals surface area contributed by atoms with Gasteiger partial charge in [-0.15, -0.1) is 10.2 Å². The number of rotatable bonds is 2. The molecule has 0 saturated carbocycles. The van der Waals surface area contributed by atoms with E-state index in [2.05, 4.69) is 15.1 Å². The van der Waals surface area contributed by atoms with Crippen molar-refractivity contribution in [2.45, 2.75) is 37.6 Å². The molecule has 21 heavy (non-hydrogen) atoms. The van der Waals surface area contributed by atoms with Crippen molar-refractivity contribution in [3.8, 4) is 0 Å². The van der Waals surface area contributed by atoms with E-state index in [1.165, 1.54) is 4.57 Å². The molecule has 0 bridgehead atoms. The van der Waals surface area contributed by atoms with Gasteiger partial charge in [0, 0.05) is 25.2 Å². The molecule has 1 aromatic rings. The second kappa shape index (κ2) is 5.44. The number of hydrogen-bond acceptors (Lipinski definition) is 5. The fourth-order valence-corrected chi connectivity index (χ4v) is 4.43. The number of halogens is 3. The predicted octanol–water partition coefficient (Wildman–Crippen LogP) is 1.34. The van der Waals surface area contributed by atoms with E-state index in [0.29, 0.717) is 25.5 Å². The second-order valence-corrected chi connectivity index (χ2v) is 6.78. The Morgan fingerprint density at radius 2 is 1.90 bits per heavy atom. The molecule has 2 aliphatic rings. The minimum atomic E-state index is -4.44. The van der Waals surface area contributed by atoms with Crippen molar-refractivity contribution in [1.82, 2.24) is 19.7 Å². The van der Waals surface area contributed by atoms with E-state index < -0.39 is 12.0 Å². The normalized spacial score (nSPS) is 23.0. The average molecular weight is 321 g/mol. The lowest BCUT2D eigenvalue weighted by molar-refractivity contribution is -0.148. The molecule has 1 saturated heterocycles. The van der Waals surface area contributed by atoms with Gasteiger partial charge in [0.2, 0.25) is 5.82 Å². The van der Waals surface area contributed by atoms with E-state index in [4.69, 9.17) is 5.73 Å². The van der Waals surface area contributed by atoms with Gasteiger partial charge in [-0.2, -0.15) is 24.9 Å². The molecule has 0 spiro atoms. The summed E-state index contributed by atoms with van der Waals surface area (Å²) >= 11 is 1.91. The Morgan fingerprint density at radius 1 is 1.19 bits per heavy atom. The third kappa shape index (κ3) is 2.66. The minimum Gasteiger partial charge on any atom is -0.329 e. The molecule has 5 nitrogen and oxygen atoms in total. The molecular formula is C12H18F3N5S. The summed E-state index contributed by atoms with van der Waals surface area (Å²) in [6.07, 6.45) is -2.48. The van der Waals surface area contributed by atoms with Gasteiger partial charge >= 0.3 is 6.18 Å². The van der Waals surface area contributed by atoms with Gasteiger partial charge in [0.1, 0.15) is 5.82 Å². The van der Waals surface area contributed by atoms with E-state index in [1.807, 2.05) is 11.8 Å². The van der Waals surface area contributed by atoms with Crippen molar-refractivity contribution < 1.29 is 13.2 Å². The van der Waals surface area contributed by atoms with Gasteiger partial charge in [0.05, 0.1) is 6.54 Å². The van der Waals surface area contributed by atoms with Gasteiger partial charge in [-0.1, -0.05) is 0 Å². The van der Waals surface area contributed by atoms with Crippen LogP contribution in [0, 0.1) is 0 Å². The maximum absolute atomic E-state index is 12.8. The molecule has 2 N–H and O–H groups in total. The number of aromatic nitrogens is 3. The van der Waals surface area contributed by atoms with Crippen LogP contribution in [-0.2, 0) is 19.3 Å². The van der Waals surface area contributed by atoms with Gasteiger partial charge in [0.25, 0.3) is 0 Å². The van der Waals surface area contributed by atoms with Crippen LogP contribution < -0.4 is 5.73 Å². The summed E-state index contributed by atoms with van der Waals surface area (Å²) in [6, 6.07) is 0. The number of nitrogens with zero attached hydrogens (tertiary/aromatic N) is 4. The maximum Gasteiger partial charge on any atom is 0.451 e. The Kier molecular flexibility index (Phi) is 3.91. The Hall–Kier alpha value is -0.800. The molecule has 1 aromatic heterocycles. The van der Waals surface area contributed by atoms with Gasteiger partial charge in [-0.05, 0) is 24.3 Å². The van der Waals surface area contributed by atoms with Crippen molar-refractivity contribution >= 4 is 11.8 Å². The summed E-state index contributed by atoms with van der Waals surface area (Å²) in [6.45, 7) is 1.76. The summed E-state index contributed by atoms with van der Waals surface area (Å²) < 4.78 is 39.7. The molecule has 2 aliphatic heterocycles. The van der Waals surface area contributed by atoms with Crippen LogP contribution in [0.5, 0.6) is 0 Å². The average Bonchev–Trinajstić information content (AvgIpc) is 2.91. The highest BCUT2D eigenvalue weighted by Crippen LogP contribution is 2.35. The van der Waals surface area contributed by atoms with Gasteiger partial charge in [-0.25, -0.2) is 0 Å². The maximum atomic E-state index is 12.8. The minimum absolute atomic E-state index is 0.0964. The zero-order valence-electron chi connectivity index (χ0n) is 11.6. The summed E-state index contributed by atoms with van der Waals surface area (Å²) in [7, 11) is 0. The molecule has 3 heterocycles. The molecular weight excluding hydrogens is 303 g/mol. The van der Waals surface area contributed by atoms with Crippen molar-refractivity contribution in [2.75, 3.05) is 24.6 Å². The van der Waals surface area contributed by atoms with Crippen molar-refractivity contribution in [1.29, 1.82) is 0 Å². The Bertz CT molecular complexity index is 509. The van der Waals surface area contributed by atoms with Crippen LogP contribution in [0.15, 0.2) is 0 Å².